The second-order valence-corrected chi connectivity index (χ2v) is 4.67. The molecule has 106 valence electrons. The van der Waals surface area contributed by atoms with Crippen LogP contribution in [0.2, 0.25) is 0 Å². The van der Waals surface area contributed by atoms with Crippen LogP contribution in [-0.2, 0) is 11.2 Å². The molecule has 19 heavy (non-hydrogen) atoms. The van der Waals surface area contributed by atoms with E-state index in [1.165, 1.54) is 23.4 Å². The first-order valence-corrected chi connectivity index (χ1v) is 7.34. The molecule has 2 aliphatic rings. The van der Waals surface area contributed by atoms with E-state index in [4.69, 9.17) is 10.5 Å². The third-order valence-electron chi connectivity index (χ3n) is 3.55. The van der Waals surface area contributed by atoms with Gasteiger partial charge in [0.1, 0.15) is 0 Å². The fourth-order valence-corrected chi connectivity index (χ4v) is 2.67. The van der Waals surface area contributed by atoms with E-state index in [1.807, 2.05) is 19.9 Å². The number of hydrogen-bond acceptors (Lipinski definition) is 4. The number of benzene rings is 1. The molecule has 0 aliphatic carbocycles. The first kappa shape index (κ1) is 14.0. The van der Waals surface area contributed by atoms with Crippen molar-refractivity contribution in [1.82, 2.24) is 0 Å². The van der Waals surface area contributed by atoms with Crippen molar-refractivity contribution in [2.45, 2.75) is 26.7 Å². The van der Waals surface area contributed by atoms with Crippen molar-refractivity contribution in [3.8, 4) is 0 Å². The number of nitrogen functional groups attached to an aromatic ring is 1. The SMILES string of the molecule is CC.Nc1ccc2c(c1N1CCOCC1)NCCC2. The summed E-state index contributed by atoms with van der Waals surface area (Å²) in [6.07, 6.45) is 2.36. The molecule has 0 bridgehead atoms. The van der Waals surface area contributed by atoms with Crippen LogP contribution >= 0.6 is 0 Å². The van der Waals surface area contributed by atoms with Crippen molar-refractivity contribution >= 4 is 17.1 Å². The molecule has 0 atom stereocenters. The van der Waals surface area contributed by atoms with Crippen molar-refractivity contribution in [1.29, 1.82) is 0 Å². The van der Waals surface area contributed by atoms with E-state index >= 15 is 0 Å². The summed E-state index contributed by atoms with van der Waals surface area (Å²) in [4.78, 5) is 2.34. The standard InChI is InChI=1S/C13H19N3O.C2H6/c14-11-4-3-10-2-1-5-15-12(10)13(11)16-6-8-17-9-7-16;1-2/h3-4,15H,1-2,5-9,14H2;1-2H3. The number of hydrogen-bond donors (Lipinski definition) is 2. The lowest BCUT2D eigenvalue weighted by Crippen LogP contribution is -2.37. The zero-order valence-corrected chi connectivity index (χ0v) is 12.0. The van der Waals surface area contributed by atoms with Crippen molar-refractivity contribution < 1.29 is 4.74 Å². The van der Waals surface area contributed by atoms with Gasteiger partial charge in [0, 0.05) is 19.6 Å². The van der Waals surface area contributed by atoms with Gasteiger partial charge in [-0.2, -0.15) is 0 Å². The van der Waals surface area contributed by atoms with Crippen LogP contribution in [0.1, 0.15) is 25.8 Å². The molecule has 1 fully saturated rings. The average Bonchev–Trinajstić information content (AvgIpc) is 2.50. The summed E-state index contributed by atoms with van der Waals surface area (Å²) in [6.45, 7) is 8.50. The van der Waals surface area contributed by atoms with E-state index in [1.54, 1.807) is 0 Å². The van der Waals surface area contributed by atoms with E-state index in [0.29, 0.717) is 0 Å². The normalized spacial score (nSPS) is 17.9. The van der Waals surface area contributed by atoms with E-state index in [2.05, 4.69) is 16.3 Å². The van der Waals surface area contributed by atoms with Gasteiger partial charge >= 0.3 is 0 Å². The molecule has 0 aromatic heterocycles. The number of fused-ring (bicyclic) bond motifs is 1. The Balaban J connectivity index is 0.000000637. The average molecular weight is 263 g/mol. The van der Waals surface area contributed by atoms with Gasteiger partial charge in [-0.3, -0.25) is 0 Å². The largest absolute Gasteiger partial charge is 0.397 e. The monoisotopic (exact) mass is 263 g/mol. The Hall–Kier alpha value is -1.42. The minimum Gasteiger partial charge on any atom is -0.397 e. The molecule has 2 aliphatic heterocycles. The summed E-state index contributed by atoms with van der Waals surface area (Å²) < 4.78 is 5.40. The molecule has 0 amide bonds. The van der Waals surface area contributed by atoms with Crippen molar-refractivity contribution in [2.24, 2.45) is 0 Å². The van der Waals surface area contributed by atoms with E-state index in [0.717, 1.165) is 45.0 Å². The summed E-state index contributed by atoms with van der Waals surface area (Å²) in [5.74, 6) is 0. The Morgan fingerprint density at radius 3 is 2.68 bits per heavy atom. The van der Waals surface area contributed by atoms with Crippen LogP contribution in [-0.4, -0.2) is 32.8 Å². The van der Waals surface area contributed by atoms with Gasteiger partial charge in [-0.05, 0) is 24.5 Å². The first-order valence-electron chi connectivity index (χ1n) is 7.34. The molecule has 1 aromatic carbocycles. The highest BCUT2D eigenvalue weighted by Crippen LogP contribution is 2.38. The van der Waals surface area contributed by atoms with Gasteiger partial charge in [-0.15, -0.1) is 0 Å². The highest BCUT2D eigenvalue weighted by atomic mass is 16.5. The molecule has 3 rings (SSSR count). The van der Waals surface area contributed by atoms with Gasteiger partial charge in [0.2, 0.25) is 0 Å². The van der Waals surface area contributed by atoms with Crippen LogP contribution < -0.4 is 16.0 Å². The van der Waals surface area contributed by atoms with Gasteiger partial charge in [0.25, 0.3) is 0 Å². The zero-order valence-electron chi connectivity index (χ0n) is 12.0. The Morgan fingerprint density at radius 2 is 1.95 bits per heavy atom. The summed E-state index contributed by atoms with van der Waals surface area (Å²) >= 11 is 0. The maximum atomic E-state index is 6.15. The smallest absolute Gasteiger partial charge is 0.0839 e. The number of nitrogens with one attached hydrogen (secondary N) is 1. The number of ether oxygens (including phenoxy) is 1. The number of morpholine rings is 1. The van der Waals surface area contributed by atoms with Crippen LogP contribution in [0.25, 0.3) is 0 Å². The highest BCUT2D eigenvalue weighted by molar-refractivity contribution is 5.85. The fraction of sp³-hybridized carbons (Fsp3) is 0.600. The number of rotatable bonds is 1. The molecule has 0 radical (unpaired) electrons. The van der Waals surface area contributed by atoms with E-state index in [9.17, 15) is 0 Å². The lowest BCUT2D eigenvalue weighted by atomic mass is 10.0. The molecule has 0 saturated carbocycles. The molecular formula is C15H25N3O. The Labute approximate surface area is 115 Å². The third kappa shape index (κ3) is 2.95. The molecule has 4 nitrogen and oxygen atoms in total. The molecule has 0 unspecified atom stereocenters. The van der Waals surface area contributed by atoms with Crippen molar-refractivity contribution in [2.75, 3.05) is 48.8 Å². The fourth-order valence-electron chi connectivity index (χ4n) is 2.67. The molecule has 3 N–H and O–H groups in total. The van der Waals surface area contributed by atoms with Crippen LogP contribution in [0.4, 0.5) is 17.1 Å². The van der Waals surface area contributed by atoms with Gasteiger partial charge < -0.3 is 20.7 Å². The summed E-state index contributed by atoms with van der Waals surface area (Å²) in [7, 11) is 0. The van der Waals surface area contributed by atoms with E-state index in [-0.39, 0.29) is 0 Å². The van der Waals surface area contributed by atoms with Gasteiger partial charge in [0.15, 0.2) is 0 Å². The van der Waals surface area contributed by atoms with E-state index < -0.39 is 0 Å². The number of anilines is 3. The van der Waals surface area contributed by atoms with Crippen LogP contribution in [0.3, 0.4) is 0 Å². The predicted molar refractivity (Wildman–Crippen MR) is 82.0 cm³/mol. The number of nitrogens with two attached hydrogens (primary N) is 1. The first-order chi connectivity index (χ1) is 9.36. The van der Waals surface area contributed by atoms with Crippen LogP contribution in [0.15, 0.2) is 12.1 Å². The summed E-state index contributed by atoms with van der Waals surface area (Å²) in [5.41, 5.74) is 10.9. The van der Waals surface area contributed by atoms with Crippen LogP contribution in [0.5, 0.6) is 0 Å². The Bertz CT molecular complexity index is 414. The third-order valence-corrected chi connectivity index (χ3v) is 3.55. The minimum absolute atomic E-state index is 0.795. The second-order valence-electron chi connectivity index (χ2n) is 4.67. The Morgan fingerprint density at radius 1 is 1.21 bits per heavy atom. The molecule has 0 spiro atoms. The van der Waals surface area contributed by atoms with Crippen LogP contribution in [0, 0.1) is 0 Å². The maximum Gasteiger partial charge on any atom is 0.0839 e. The van der Waals surface area contributed by atoms with Gasteiger partial charge in [0.05, 0.1) is 30.3 Å². The molecule has 2 heterocycles. The highest BCUT2D eigenvalue weighted by Gasteiger charge is 2.21. The topological polar surface area (TPSA) is 50.5 Å². The second kappa shape index (κ2) is 6.66. The lowest BCUT2D eigenvalue weighted by Gasteiger charge is -2.33. The number of aryl methyl sites for hydroxylation is 1. The lowest BCUT2D eigenvalue weighted by molar-refractivity contribution is 0.123. The quantitative estimate of drug-likeness (QED) is 0.764. The van der Waals surface area contributed by atoms with Crippen molar-refractivity contribution in [3.63, 3.8) is 0 Å². The van der Waals surface area contributed by atoms with Crippen molar-refractivity contribution in [3.05, 3.63) is 17.7 Å². The summed E-state index contributed by atoms with van der Waals surface area (Å²) in [5, 5.41) is 3.51. The summed E-state index contributed by atoms with van der Waals surface area (Å²) in [6, 6.07) is 4.19. The number of nitrogens with zero attached hydrogens (tertiary/aromatic N) is 1. The molecule has 1 aromatic rings. The maximum absolute atomic E-state index is 6.15. The minimum atomic E-state index is 0.795. The molecular weight excluding hydrogens is 238 g/mol. The van der Waals surface area contributed by atoms with Gasteiger partial charge in [-0.1, -0.05) is 19.9 Å². The van der Waals surface area contributed by atoms with Gasteiger partial charge in [-0.25, -0.2) is 0 Å². The predicted octanol–water partition coefficient (Wildman–Crippen LogP) is 2.49. The zero-order chi connectivity index (χ0) is 13.7. The Kier molecular flexibility index (Phi) is 4.91. The molecule has 4 heteroatoms. The molecule has 1 saturated heterocycles.